The third kappa shape index (κ3) is 1.02. The Morgan fingerprint density at radius 2 is 2.14 bits per heavy atom. The first kappa shape index (κ1) is 9.83. The van der Waals surface area contributed by atoms with Crippen LogP contribution in [0.15, 0.2) is 0 Å². The fourth-order valence-electron chi connectivity index (χ4n) is 2.20. The van der Waals surface area contributed by atoms with Crippen LogP contribution in [0.2, 0.25) is 0 Å². The van der Waals surface area contributed by atoms with Crippen LogP contribution in [0.5, 0.6) is 0 Å². The molecule has 2 heterocycles. The summed E-state index contributed by atoms with van der Waals surface area (Å²) in [7, 11) is 0. The molecule has 2 aliphatic rings. The maximum Gasteiger partial charge on any atom is 0.327 e. The normalized spacial score (nSPS) is 39.2. The zero-order chi connectivity index (χ0) is 10.7. The van der Waals surface area contributed by atoms with E-state index in [-0.39, 0.29) is 21.9 Å². The number of carboxylic acids is 1. The van der Waals surface area contributed by atoms with Crippen LogP contribution < -0.4 is 0 Å². The van der Waals surface area contributed by atoms with E-state index < -0.39 is 12.0 Å². The summed E-state index contributed by atoms with van der Waals surface area (Å²) >= 11 is 1.59. The van der Waals surface area contributed by atoms with Gasteiger partial charge in [-0.05, 0) is 13.8 Å². The fourth-order valence-corrected chi connectivity index (χ4v) is 3.83. The van der Waals surface area contributed by atoms with Crippen LogP contribution in [0, 0.1) is 5.92 Å². The lowest BCUT2D eigenvalue weighted by molar-refractivity contribution is -0.162. The molecule has 2 aliphatic heterocycles. The minimum atomic E-state index is -0.898. The van der Waals surface area contributed by atoms with Gasteiger partial charge in [0.2, 0.25) is 5.91 Å². The number of hydrogen-bond donors (Lipinski definition) is 1. The Balaban J connectivity index is 2.32. The molecule has 0 aromatic carbocycles. The molecule has 0 aromatic rings. The average Bonchev–Trinajstić information content (AvgIpc) is 2.34. The van der Waals surface area contributed by atoms with E-state index in [9.17, 15) is 9.59 Å². The molecule has 0 spiro atoms. The lowest BCUT2D eigenvalue weighted by Gasteiger charge is -2.41. The first-order chi connectivity index (χ1) is 6.36. The van der Waals surface area contributed by atoms with Crippen molar-refractivity contribution in [3.05, 3.63) is 0 Å². The Hall–Kier alpha value is -0.710. The van der Waals surface area contributed by atoms with Crippen molar-refractivity contribution in [3.63, 3.8) is 0 Å². The number of β-lactam (4-membered cyclic amide) rings is 1. The molecule has 14 heavy (non-hydrogen) atoms. The second-order valence-electron chi connectivity index (χ2n) is 4.39. The van der Waals surface area contributed by atoms with Gasteiger partial charge in [0, 0.05) is 4.75 Å². The smallest absolute Gasteiger partial charge is 0.327 e. The third-order valence-corrected chi connectivity index (χ3v) is 4.65. The number of thioether (sulfide) groups is 1. The summed E-state index contributed by atoms with van der Waals surface area (Å²) < 4.78 is -0.378. The predicted octanol–water partition coefficient (Wildman–Crippen LogP) is 0.769. The highest BCUT2D eigenvalue weighted by Crippen LogP contribution is 2.52. The predicted molar refractivity (Wildman–Crippen MR) is 52.9 cm³/mol. The van der Waals surface area contributed by atoms with E-state index in [1.165, 1.54) is 4.90 Å². The van der Waals surface area contributed by atoms with Gasteiger partial charge >= 0.3 is 5.97 Å². The van der Waals surface area contributed by atoms with Gasteiger partial charge in [-0.15, -0.1) is 11.8 Å². The van der Waals surface area contributed by atoms with Gasteiger partial charge in [-0.1, -0.05) is 6.92 Å². The Labute approximate surface area is 86.6 Å². The second-order valence-corrected chi connectivity index (χ2v) is 6.16. The second kappa shape index (κ2) is 2.66. The maximum atomic E-state index is 11.5. The Morgan fingerprint density at radius 3 is 2.64 bits per heavy atom. The van der Waals surface area contributed by atoms with E-state index in [0.717, 1.165) is 0 Å². The van der Waals surface area contributed by atoms with Gasteiger partial charge < -0.3 is 10.0 Å². The highest BCUT2D eigenvalue weighted by molar-refractivity contribution is 8.01. The van der Waals surface area contributed by atoms with E-state index >= 15 is 0 Å². The maximum absolute atomic E-state index is 11.5. The van der Waals surface area contributed by atoms with Crippen molar-refractivity contribution in [1.82, 2.24) is 4.90 Å². The van der Waals surface area contributed by atoms with E-state index in [4.69, 9.17) is 5.11 Å². The average molecular weight is 215 g/mol. The topological polar surface area (TPSA) is 57.6 Å². The highest BCUT2D eigenvalue weighted by atomic mass is 32.2. The summed E-state index contributed by atoms with van der Waals surface area (Å²) in [4.78, 5) is 24.1. The molecule has 0 aliphatic carbocycles. The molecule has 0 bridgehead atoms. The largest absolute Gasteiger partial charge is 0.480 e. The van der Waals surface area contributed by atoms with Crippen LogP contribution in [0.1, 0.15) is 20.8 Å². The zero-order valence-electron chi connectivity index (χ0n) is 8.35. The van der Waals surface area contributed by atoms with Gasteiger partial charge in [0.1, 0.15) is 6.04 Å². The number of hydrogen-bond acceptors (Lipinski definition) is 3. The minimum Gasteiger partial charge on any atom is -0.480 e. The molecule has 1 N–H and O–H groups in total. The molecule has 1 amide bonds. The molecule has 78 valence electrons. The monoisotopic (exact) mass is 215 g/mol. The summed E-state index contributed by atoms with van der Waals surface area (Å²) in [5, 5.41) is 9.14. The van der Waals surface area contributed by atoms with Crippen molar-refractivity contribution in [1.29, 1.82) is 0 Å². The minimum absolute atomic E-state index is 0.0244. The molecule has 5 heteroatoms. The summed E-state index contributed by atoms with van der Waals surface area (Å²) in [6.45, 7) is 5.63. The van der Waals surface area contributed by atoms with Gasteiger partial charge in [-0.2, -0.15) is 0 Å². The van der Waals surface area contributed by atoms with Gasteiger partial charge in [0.15, 0.2) is 0 Å². The van der Waals surface area contributed by atoms with Crippen molar-refractivity contribution in [2.75, 3.05) is 0 Å². The Bertz CT molecular complexity index is 315. The van der Waals surface area contributed by atoms with Gasteiger partial charge in [0.25, 0.3) is 0 Å². The first-order valence-corrected chi connectivity index (χ1v) is 5.47. The van der Waals surface area contributed by atoms with E-state index in [1.54, 1.807) is 11.8 Å². The van der Waals surface area contributed by atoms with E-state index in [0.29, 0.717) is 0 Å². The van der Waals surface area contributed by atoms with Gasteiger partial charge in [-0.3, -0.25) is 4.79 Å². The van der Waals surface area contributed by atoms with E-state index in [1.807, 2.05) is 20.8 Å². The number of amides is 1. The van der Waals surface area contributed by atoms with Crippen molar-refractivity contribution in [2.45, 2.75) is 36.9 Å². The summed E-state index contributed by atoms with van der Waals surface area (Å²) in [5.41, 5.74) is 0. The third-order valence-electron chi connectivity index (χ3n) is 2.94. The number of carbonyl (C=O) groups excluding carboxylic acids is 1. The van der Waals surface area contributed by atoms with Crippen LogP contribution in [-0.4, -0.2) is 38.0 Å². The van der Waals surface area contributed by atoms with Crippen molar-refractivity contribution < 1.29 is 14.7 Å². The number of carbonyl (C=O) groups is 2. The SMILES string of the molecule is C[C@@H]1C(=O)N2C1SC(C)(C)C2C(=O)O. The van der Waals surface area contributed by atoms with Crippen molar-refractivity contribution in [2.24, 2.45) is 5.92 Å². The molecule has 2 rings (SSSR count). The highest BCUT2D eigenvalue weighted by Gasteiger charge is 2.62. The zero-order valence-corrected chi connectivity index (χ0v) is 9.17. The first-order valence-electron chi connectivity index (χ1n) is 4.59. The number of fused-ring (bicyclic) bond motifs is 1. The quantitative estimate of drug-likeness (QED) is 0.656. The van der Waals surface area contributed by atoms with Gasteiger partial charge in [-0.25, -0.2) is 4.79 Å². The van der Waals surface area contributed by atoms with Crippen LogP contribution in [0.25, 0.3) is 0 Å². The van der Waals surface area contributed by atoms with Crippen molar-refractivity contribution >= 4 is 23.6 Å². The molecule has 0 aromatic heterocycles. The number of nitrogens with zero attached hydrogens (tertiary/aromatic N) is 1. The standard InChI is InChI=1S/C9H13NO3S/c1-4-6(11)10-5(8(12)13)9(2,3)14-7(4)10/h4-5,7H,1-3H3,(H,12,13)/t4-,5?,7?/m1/s1. The number of carboxylic acid groups (broad SMARTS) is 1. The molecule has 2 unspecified atom stereocenters. The van der Waals surface area contributed by atoms with Crippen LogP contribution in [0.3, 0.4) is 0 Å². The molecule has 0 radical (unpaired) electrons. The van der Waals surface area contributed by atoms with Crippen LogP contribution >= 0.6 is 11.8 Å². The van der Waals surface area contributed by atoms with Crippen LogP contribution in [-0.2, 0) is 9.59 Å². The number of rotatable bonds is 1. The van der Waals surface area contributed by atoms with E-state index in [2.05, 4.69) is 0 Å². The molecule has 2 saturated heterocycles. The van der Waals surface area contributed by atoms with Crippen LogP contribution in [0.4, 0.5) is 0 Å². The molecule has 3 atom stereocenters. The summed E-state index contributed by atoms with van der Waals surface area (Å²) in [6, 6.07) is -0.666. The Morgan fingerprint density at radius 1 is 1.57 bits per heavy atom. The molecule has 2 fully saturated rings. The van der Waals surface area contributed by atoms with Crippen molar-refractivity contribution in [3.8, 4) is 0 Å². The molecular weight excluding hydrogens is 202 g/mol. The molecule has 0 saturated carbocycles. The van der Waals surface area contributed by atoms with Gasteiger partial charge in [0.05, 0.1) is 11.3 Å². The Kier molecular flexibility index (Phi) is 1.86. The number of aliphatic carboxylic acids is 1. The lowest BCUT2D eigenvalue weighted by Crippen LogP contribution is -2.61. The fraction of sp³-hybridized carbons (Fsp3) is 0.778. The lowest BCUT2D eigenvalue weighted by atomic mass is 9.93. The molecule has 4 nitrogen and oxygen atoms in total. The summed E-state index contributed by atoms with van der Waals surface area (Å²) in [5.74, 6) is -0.950. The molecular formula is C9H13NO3S. The summed E-state index contributed by atoms with van der Waals surface area (Å²) in [6.07, 6.45) is 0.